The van der Waals surface area contributed by atoms with Gasteiger partial charge in [0.15, 0.2) is 0 Å². The van der Waals surface area contributed by atoms with E-state index in [1.165, 1.54) is 6.92 Å². The van der Waals surface area contributed by atoms with E-state index in [-0.39, 0.29) is 5.91 Å². The van der Waals surface area contributed by atoms with E-state index < -0.39 is 0 Å². The molecule has 84 valence electrons. The number of fused-ring (bicyclic) bond motifs is 1. The molecule has 0 fully saturated rings. The molecule has 0 aromatic heterocycles. The molecule has 1 aromatic carbocycles. The van der Waals surface area contributed by atoms with E-state index >= 15 is 0 Å². The first-order valence-corrected chi connectivity index (χ1v) is 5.30. The van der Waals surface area contributed by atoms with E-state index in [1.54, 1.807) is 23.1 Å². The summed E-state index contributed by atoms with van der Waals surface area (Å²) in [6, 6.07) is 5.20. The lowest BCUT2D eigenvalue weighted by molar-refractivity contribution is -0.116. The maximum atomic E-state index is 11.4. The van der Waals surface area contributed by atoms with Crippen LogP contribution in [0.2, 0.25) is 5.02 Å². The highest BCUT2D eigenvalue weighted by Crippen LogP contribution is 2.29. The Morgan fingerprint density at radius 1 is 1.56 bits per heavy atom. The molecule has 0 radical (unpaired) electrons. The van der Waals surface area contributed by atoms with Crippen LogP contribution < -0.4 is 4.90 Å². The summed E-state index contributed by atoms with van der Waals surface area (Å²) < 4.78 is 0. The van der Waals surface area contributed by atoms with Gasteiger partial charge in [-0.1, -0.05) is 16.8 Å². The zero-order valence-electron chi connectivity index (χ0n) is 8.77. The Morgan fingerprint density at radius 3 is 2.94 bits per heavy atom. The molecule has 0 bridgehead atoms. The van der Waals surface area contributed by atoms with Crippen molar-refractivity contribution < 1.29 is 10.0 Å². The van der Waals surface area contributed by atoms with E-state index in [0.717, 1.165) is 11.3 Å². The van der Waals surface area contributed by atoms with Gasteiger partial charge in [-0.05, 0) is 18.2 Å². The number of anilines is 1. The Hall–Kier alpha value is -1.55. The monoisotopic (exact) mass is 238 g/mol. The third-order valence-electron chi connectivity index (χ3n) is 2.63. The number of oxime groups is 1. The van der Waals surface area contributed by atoms with Crippen LogP contribution in [0.3, 0.4) is 0 Å². The number of carbonyl (C=O) groups excluding carboxylic acids is 1. The fraction of sp³-hybridized carbons (Fsp3) is 0.273. The number of benzene rings is 1. The summed E-state index contributed by atoms with van der Waals surface area (Å²) in [6.45, 7) is 2.04. The lowest BCUT2D eigenvalue weighted by Gasteiger charge is -2.28. The summed E-state index contributed by atoms with van der Waals surface area (Å²) in [6.07, 6.45) is 0.531. The van der Waals surface area contributed by atoms with Crippen molar-refractivity contribution in [1.29, 1.82) is 0 Å². The van der Waals surface area contributed by atoms with Gasteiger partial charge >= 0.3 is 0 Å². The van der Waals surface area contributed by atoms with E-state index in [4.69, 9.17) is 16.8 Å². The van der Waals surface area contributed by atoms with Crippen LogP contribution in [0.1, 0.15) is 18.9 Å². The van der Waals surface area contributed by atoms with Gasteiger partial charge < -0.3 is 10.1 Å². The van der Waals surface area contributed by atoms with Crippen LogP contribution in [0.15, 0.2) is 23.4 Å². The molecule has 16 heavy (non-hydrogen) atoms. The second-order valence-electron chi connectivity index (χ2n) is 3.63. The molecular formula is C11H11ClN2O2. The third-order valence-corrected chi connectivity index (χ3v) is 2.87. The van der Waals surface area contributed by atoms with Crippen LogP contribution >= 0.6 is 11.6 Å². The number of rotatable bonds is 0. The van der Waals surface area contributed by atoms with Gasteiger partial charge in [-0.25, -0.2) is 0 Å². The van der Waals surface area contributed by atoms with Gasteiger partial charge in [0, 0.05) is 30.5 Å². The summed E-state index contributed by atoms with van der Waals surface area (Å²) >= 11 is 5.89. The van der Waals surface area contributed by atoms with Crippen molar-refractivity contribution in [2.75, 3.05) is 11.4 Å². The van der Waals surface area contributed by atoms with Crippen molar-refractivity contribution in [2.24, 2.45) is 5.16 Å². The molecule has 0 atom stereocenters. The zero-order valence-corrected chi connectivity index (χ0v) is 9.53. The summed E-state index contributed by atoms with van der Waals surface area (Å²) in [5.74, 6) is -0.0273. The highest BCUT2D eigenvalue weighted by atomic mass is 35.5. The van der Waals surface area contributed by atoms with Gasteiger partial charge in [-0.2, -0.15) is 0 Å². The highest BCUT2D eigenvalue weighted by molar-refractivity contribution is 6.31. The van der Waals surface area contributed by atoms with Crippen LogP contribution in [0, 0.1) is 0 Å². The number of halogens is 1. The Kier molecular flexibility index (Phi) is 2.83. The summed E-state index contributed by atoms with van der Waals surface area (Å²) in [5.41, 5.74) is 2.03. The van der Waals surface area contributed by atoms with Crippen LogP contribution in [0.4, 0.5) is 5.69 Å². The van der Waals surface area contributed by atoms with Crippen molar-refractivity contribution in [3.63, 3.8) is 0 Å². The van der Waals surface area contributed by atoms with Crippen LogP contribution in [0.5, 0.6) is 0 Å². The maximum absolute atomic E-state index is 11.4. The zero-order chi connectivity index (χ0) is 11.7. The molecular weight excluding hydrogens is 228 g/mol. The smallest absolute Gasteiger partial charge is 0.223 e. The number of carbonyl (C=O) groups is 1. The Bertz CT molecular complexity index is 471. The van der Waals surface area contributed by atoms with E-state index in [0.29, 0.717) is 23.7 Å². The summed E-state index contributed by atoms with van der Waals surface area (Å²) in [4.78, 5) is 13.1. The molecule has 2 rings (SSSR count). The minimum Gasteiger partial charge on any atom is -0.411 e. The molecule has 1 N–H and O–H groups in total. The first-order valence-electron chi connectivity index (χ1n) is 4.92. The number of hydrogen-bond donors (Lipinski definition) is 1. The quantitative estimate of drug-likeness (QED) is 0.557. The molecule has 0 saturated carbocycles. The Labute approximate surface area is 98.1 Å². The summed E-state index contributed by atoms with van der Waals surface area (Å²) in [7, 11) is 0. The van der Waals surface area contributed by atoms with Gasteiger partial charge in [-0.3, -0.25) is 4.79 Å². The van der Waals surface area contributed by atoms with E-state index in [2.05, 4.69) is 5.16 Å². The molecule has 1 aliphatic rings. The third kappa shape index (κ3) is 1.76. The molecule has 1 aromatic rings. The maximum Gasteiger partial charge on any atom is 0.223 e. The van der Waals surface area contributed by atoms with Crippen molar-refractivity contribution >= 4 is 28.9 Å². The predicted molar refractivity (Wildman–Crippen MR) is 62.4 cm³/mol. The Balaban J connectivity index is 2.57. The number of nitrogens with zero attached hydrogens (tertiary/aromatic N) is 2. The van der Waals surface area contributed by atoms with Gasteiger partial charge in [0.2, 0.25) is 5.91 Å². The number of amides is 1. The average molecular weight is 239 g/mol. The lowest BCUT2D eigenvalue weighted by Crippen LogP contribution is -2.35. The molecule has 1 aliphatic heterocycles. The fourth-order valence-electron chi connectivity index (χ4n) is 1.88. The van der Waals surface area contributed by atoms with E-state index in [9.17, 15) is 4.79 Å². The minimum atomic E-state index is -0.0273. The molecule has 5 heteroatoms. The molecule has 1 heterocycles. The highest BCUT2D eigenvalue weighted by Gasteiger charge is 2.24. The van der Waals surface area contributed by atoms with Crippen LogP contribution in [-0.2, 0) is 4.79 Å². The van der Waals surface area contributed by atoms with Gasteiger partial charge in [0.05, 0.1) is 11.4 Å². The van der Waals surface area contributed by atoms with Crippen LogP contribution in [0.25, 0.3) is 0 Å². The standard InChI is InChI=1S/C11H11ClN2O2/c1-7(15)14-5-4-10(13-16)9-6-8(12)2-3-11(9)14/h2-3,6,16H,4-5H2,1H3/b13-10+. The molecule has 4 nitrogen and oxygen atoms in total. The number of hydrogen-bond acceptors (Lipinski definition) is 3. The largest absolute Gasteiger partial charge is 0.411 e. The first-order chi connectivity index (χ1) is 7.63. The predicted octanol–water partition coefficient (Wildman–Crippen LogP) is 2.27. The summed E-state index contributed by atoms with van der Waals surface area (Å²) in [5, 5.41) is 12.7. The van der Waals surface area contributed by atoms with Gasteiger partial charge in [0.25, 0.3) is 0 Å². The van der Waals surface area contributed by atoms with Crippen molar-refractivity contribution in [1.82, 2.24) is 0 Å². The molecule has 0 saturated heterocycles. The van der Waals surface area contributed by atoms with Gasteiger partial charge in [-0.15, -0.1) is 0 Å². The SMILES string of the molecule is CC(=O)N1CC/C(=N\O)c2cc(Cl)ccc21. The van der Waals surface area contributed by atoms with Crippen molar-refractivity contribution in [2.45, 2.75) is 13.3 Å². The topological polar surface area (TPSA) is 52.9 Å². The lowest BCUT2D eigenvalue weighted by atomic mass is 9.99. The fourth-order valence-corrected chi connectivity index (χ4v) is 2.05. The molecule has 1 amide bonds. The minimum absolute atomic E-state index is 0.0273. The van der Waals surface area contributed by atoms with Gasteiger partial charge in [0.1, 0.15) is 0 Å². The second kappa shape index (κ2) is 4.14. The first kappa shape index (κ1) is 11.0. The Morgan fingerprint density at radius 2 is 2.31 bits per heavy atom. The van der Waals surface area contributed by atoms with E-state index in [1.807, 2.05) is 0 Å². The average Bonchev–Trinajstić information content (AvgIpc) is 2.27. The molecule has 0 unspecified atom stereocenters. The molecule has 0 spiro atoms. The molecule has 0 aliphatic carbocycles. The van der Waals surface area contributed by atoms with Crippen molar-refractivity contribution in [3.8, 4) is 0 Å². The van der Waals surface area contributed by atoms with Crippen molar-refractivity contribution in [3.05, 3.63) is 28.8 Å². The second-order valence-corrected chi connectivity index (χ2v) is 4.07. The normalized spacial score (nSPS) is 17.4. The van der Waals surface area contributed by atoms with Crippen LogP contribution in [-0.4, -0.2) is 23.4 Å².